The molecular weight excluding hydrogens is 670 g/mol. The smallest absolute Gasteiger partial charge is 0.207 e. The van der Waals surface area contributed by atoms with Gasteiger partial charge in [0.05, 0.1) is 48.7 Å². The largest absolute Gasteiger partial charge is 0.507 e. The number of rotatable bonds is 8. The van der Waals surface area contributed by atoms with Crippen LogP contribution in [0, 0.1) is 0 Å². The van der Waals surface area contributed by atoms with Crippen LogP contribution in [0.5, 0.6) is 17.2 Å². The van der Waals surface area contributed by atoms with Crippen LogP contribution in [-0.2, 0) is 25.4 Å². The molecule has 2 fully saturated rings. The van der Waals surface area contributed by atoms with Crippen molar-refractivity contribution >= 4 is 30.6 Å². The molecule has 2 saturated heterocycles. The normalized spacial score (nSPS) is 25.8. The average Bonchev–Trinajstić information content (AvgIpc) is 3.11. The van der Waals surface area contributed by atoms with Gasteiger partial charge in [0, 0.05) is 74.2 Å². The lowest BCUT2D eigenvalue weighted by Crippen LogP contribution is -2.55. The highest BCUT2D eigenvalue weighted by Gasteiger charge is 2.42. The zero-order valence-electron chi connectivity index (χ0n) is 28.7. The van der Waals surface area contributed by atoms with Crippen molar-refractivity contribution in [2.75, 3.05) is 53.6 Å². The van der Waals surface area contributed by atoms with Gasteiger partial charge in [-0.3, -0.25) is 19.3 Å². The number of fused-ring (bicyclic) bond motifs is 3. The number of benzene rings is 2. The second-order valence-electron chi connectivity index (χ2n) is 12.5. The minimum atomic E-state index is -1.26. The number of carbonyl (C=O) groups is 3. The topological polar surface area (TPSA) is 210 Å². The summed E-state index contributed by atoms with van der Waals surface area (Å²) >= 11 is 4.67. The minimum Gasteiger partial charge on any atom is -0.507 e. The molecule has 2 heterocycles. The highest BCUT2D eigenvalue weighted by molar-refractivity contribution is 7.81. The van der Waals surface area contributed by atoms with Gasteiger partial charge in [-0.2, -0.15) is 12.6 Å². The molecule has 1 amide bonds. The Bertz CT molecular complexity index is 1510. The Morgan fingerprint density at radius 1 is 1.06 bits per heavy atom. The van der Waals surface area contributed by atoms with Crippen molar-refractivity contribution in [1.82, 2.24) is 10.2 Å². The Kier molecular flexibility index (Phi) is 14.4. The molecule has 0 bridgehead atoms. The maximum absolute atomic E-state index is 13.0. The van der Waals surface area contributed by atoms with Gasteiger partial charge >= 0.3 is 0 Å². The number of ether oxygens (including phenoxy) is 4. The second-order valence-corrected chi connectivity index (χ2v) is 13.1. The molecule has 50 heavy (non-hydrogen) atoms. The zero-order valence-corrected chi connectivity index (χ0v) is 29.6. The van der Waals surface area contributed by atoms with E-state index in [0.717, 1.165) is 52.1 Å². The molecule has 0 saturated carbocycles. The van der Waals surface area contributed by atoms with Crippen molar-refractivity contribution in [3.8, 4) is 17.2 Å². The van der Waals surface area contributed by atoms with E-state index in [1.165, 1.54) is 19.2 Å². The molecule has 0 radical (unpaired) electrons. The Hall–Kier alpha value is -3.28. The quantitative estimate of drug-likeness (QED) is 0.0762. The predicted molar refractivity (Wildman–Crippen MR) is 186 cm³/mol. The summed E-state index contributed by atoms with van der Waals surface area (Å²) in [4.78, 5) is 38.0. The highest BCUT2D eigenvalue weighted by Crippen LogP contribution is 2.49. The van der Waals surface area contributed by atoms with E-state index >= 15 is 0 Å². The number of hydrogen-bond donors (Lipinski definition) is 7. The number of carbonyl (C=O) groups excluding carboxylic acids is 3. The number of aliphatic hydroxyl groups is 2. The monoisotopic (exact) mass is 719 g/mol. The summed E-state index contributed by atoms with van der Waals surface area (Å²) in [5.74, 6) is -2.14. The van der Waals surface area contributed by atoms with E-state index in [1.807, 2.05) is 0 Å². The molecule has 15 heteroatoms. The standard InChI is InChI=1S/C19H16O7.C11H21NO3S.C5H12N2O/c1-26-11-4-2-3-8-13(11)19(25)15-14(16(8)22)17(23)9-5-7(20)6-10(21)12(9)18(15)24;1-8-11(16)9(3-5-14-8)12-4-6-15-10(7-12)13-2;6-3-1-2-4-7-5-8/h2-4,7,10,20-21,23-24H,5-6H2,1H3;8-11,16H,3-7H2,1-2H3;5H,1-4,6H2,(H,7,8). The number of thiol groups is 1. The molecule has 0 spiro atoms. The molecule has 2 aliphatic heterocycles. The Labute approximate surface area is 297 Å². The van der Waals surface area contributed by atoms with Crippen LogP contribution in [-0.4, -0.2) is 127 Å². The predicted octanol–water partition coefficient (Wildman–Crippen LogP) is 1.46. The maximum atomic E-state index is 13.0. The summed E-state index contributed by atoms with van der Waals surface area (Å²) in [6.45, 7) is 6.93. The average molecular weight is 720 g/mol. The van der Waals surface area contributed by atoms with E-state index in [0.29, 0.717) is 19.0 Å². The number of nitrogens with zero attached hydrogens (tertiary/aromatic N) is 1. The Morgan fingerprint density at radius 2 is 1.80 bits per heavy atom. The fraction of sp³-hybridized carbons (Fsp3) is 0.571. The van der Waals surface area contributed by atoms with Gasteiger partial charge in [-0.1, -0.05) is 12.1 Å². The zero-order chi connectivity index (χ0) is 36.5. The highest BCUT2D eigenvalue weighted by atomic mass is 32.1. The van der Waals surface area contributed by atoms with Crippen LogP contribution in [0.2, 0.25) is 0 Å². The molecule has 2 aromatic rings. The molecule has 6 unspecified atom stereocenters. The molecule has 276 valence electrons. The first-order valence-corrected chi connectivity index (χ1v) is 17.3. The lowest BCUT2D eigenvalue weighted by Gasteiger charge is -2.43. The van der Waals surface area contributed by atoms with Crippen molar-refractivity contribution in [3.05, 3.63) is 51.6 Å². The summed E-state index contributed by atoms with van der Waals surface area (Å²) in [6, 6.07) is 5.00. The van der Waals surface area contributed by atoms with E-state index < -0.39 is 35.3 Å². The summed E-state index contributed by atoms with van der Waals surface area (Å²) in [5.41, 5.74) is 4.67. The molecule has 7 N–H and O–H groups in total. The first-order valence-electron chi connectivity index (χ1n) is 16.8. The SMILES string of the molecule is COC1CN(C2CCOC(C)C2S)CCO1.COc1cccc2c1C(=O)c1c(O)c3c(c(O)c1C2=O)CC(O)CC3O.NCCCCNC=O. The van der Waals surface area contributed by atoms with Crippen molar-refractivity contribution in [2.45, 2.75) is 74.9 Å². The molecule has 6 atom stereocenters. The molecular formula is C35H49N3O11S. The third kappa shape index (κ3) is 8.60. The lowest BCUT2D eigenvalue weighted by atomic mass is 9.76. The third-order valence-electron chi connectivity index (χ3n) is 9.36. The maximum Gasteiger partial charge on any atom is 0.207 e. The first kappa shape index (κ1) is 39.5. The van der Waals surface area contributed by atoms with Gasteiger partial charge in [0.25, 0.3) is 0 Å². The number of nitrogens with one attached hydrogen (secondary N) is 1. The summed E-state index contributed by atoms with van der Waals surface area (Å²) in [5, 5.41) is 44.2. The first-order chi connectivity index (χ1) is 24.0. The molecule has 0 aromatic heterocycles. The van der Waals surface area contributed by atoms with Gasteiger partial charge in [-0.05, 0) is 38.8 Å². The van der Waals surface area contributed by atoms with Gasteiger partial charge in [0.1, 0.15) is 17.2 Å². The van der Waals surface area contributed by atoms with Gasteiger partial charge < -0.3 is 50.4 Å². The van der Waals surface area contributed by atoms with E-state index in [-0.39, 0.29) is 69.6 Å². The summed E-state index contributed by atoms with van der Waals surface area (Å²) < 4.78 is 21.5. The number of ketones is 2. The number of nitrogens with two attached hydrogens (primary N) is 1. The van der Waals surface area contributed by atoms with Crippen LogP contribution in [0.15, 0.2) is 18.2 Å². The van der Waals surface area contributed by atoms with Gasteiger partial charge in [0.2, 0.25) is 12.2 Å². The van der Waals surface area contributed by atoms with E-state index in [2.05, 4.69) is 29.8 Å². The number of aromatic hydroxyl groups is 2. The number of amides is 1. The number of morpholine rings is 1. The number of phenols is 2. The fourth-order valence-electron chi connectivity index (χ4n) is 6.75. The van der Waals surface area contributed by atoms with Crippen LogP contribution in [0.25, 0.3) is 0 Å². The van der Waals surface area contributed by atoms with Crippen LogP contribution in [0.4, 0.5) is 0 Å². The molecule has 4 aliphatic rings. The van der Waals surface area contributed by atoms with Gasteiger partial charge in [0.15, 0.2) is 12.1 Å². The van der Waals surface area contributed by atoms with E-state index in [4.69, 9.17) is 24.7 Å². The van der Waals surface area contributed by atoms with Gasteiger partial charge in [-0.25, -0.2) is 0 Å². The number of unbranched alkanes of at least 4 members (excludes halogenated alkanes) is 1. The van der Waals surface area contributed by atoms with Crippen LogP contribution in [0.1, 0.15) is 81.7 Å². The van der Waals surface area contributed by atoms with Crippen LogP contribution < -0.4 is 15.8 Å². The Balaban J connectivity index is 0.000000199. The number of phenolic OH excluding ortho intramolecular Hbond substituents is 2. The Morgan fingerprint density at radius 3 is 2.48 bits per heavy atom. The number of methoxy groups -OCH3 is 2. The summed E-state index contributed by atoms with van der Waals surface area (Å²) in [6.07, 6.45) is 1.60. The van der Waals surface area contributed by atoms with Gasteiger partial charge in [-0.15, -0.1) is 0 Å². The molecule has 2 aromatic carbocycles. The molecule has 14 nitrogen and oxygen atoms in total. The summed E-state index contributed by atoms with van der Waals surface area (Å²) in [7, 11) is 3.05. The van der Waals surface area contributed by atoms with Crippen LogP contribution >= 0.6 is 12.6 Å². The van der Waals surface area contributed by atoms with E-state index in [9.17, 15) is 34.8 Å². The number of hydrogen-bond acceptors (Lipinski definition) is 14. The minimum absolute atomic E-state index is 0.00693. The van der Waals surface area contributed by atoms with Crippen LogP contribution in [0.3, 0.4) is 0 Å². The number of aliphatic hydroxyl groups excluding tert-OH is 2. The molecule has 6 rings (SSSR count). The van der Waals surface area contributed by atoms with Crippen molar-refractivity contribution in [2.24, 2.45) is 5.73 Å². The van der Waals surface area contributed by atoms with Crippen molar-refractivity contribution in [3.63, 3.8) is 0 Å². The third-order valence-corrected chi connectivity index (χ3v) is 10.1. The second kappa shape index (κ2) is 18.3. The van der Waals surface area contributed by atoms with E-state index in [1.54, 1.807) is 13.2 Å². The van der Waals surface area contributed by atoms with Crippen molar-refractivity contribution < 1.29 is 53.8 Å². The fourth-order valence-corrected chi connectivity index (χ4v) is 7.17. The molecule has 2 aliphatic carbocycles. The van der Waals surface area contributed by atoms with Crippen molar-refractivity contribution in [1.29, 1.82) is 0 Å². The lowest BCUT2D eigenvalue weighted by molar-refractivity contribution is -0.175.